The molecule has 1 aliphatic rings. The number of para-hydroxylation sites is 2. The number of aromatic nitrogens is 2. The van der Waals surface area contributed by atoms with Gasteiger partial charge in [-0.3, -0.25) is 0 Å². The molecular formula is C16H21N3. The number of hydrogen-bond donors (Lipinski definition) is 1. The van der Waals surface area contributed by atoms with Crippen molar-refractivity contribution < 1.29 is 0 Å². The first-order valence-corrected chi connectivity index (χ1v) is 7.22. The minimum absolute atomic E-state index is 0.620. The van der Waals surface area contributed by atoms with E-state index in [1.165, 1.54) is 37.1 Å². The molecule has 2 aromatic rings. The summed E-state index contributed by atoms with van der Waals surface area (Å²) in [4.78, 5) is 4.14. The minimum Gasteiger partial charge on any atom is -0.380 e. The third-order valence-corrected chi connectivity index (χ3v) is 4.21. The number of nitrogens with zero attached hydrogens (tertiary/aromatic N) is 2. The Morgan fingerprint density at radius 2 is 2.21 bits per heavy atom. The van der Waals surface area contributed by atoms with Gasteiger partial charge in [0.2, 0.25) is 0 Å². The lowest BCUT2D eigenvalue weighted by Gasteiger charge is -2.22. The molecule has 0 radical (unpaired) electrons. The van der Waals surface area contributed by atoms with Gasteiger partial charge in [-0.25, -0.2) is 4.98 Å². The molecule has 2 atom stereocenters. The molecule has 0 aliphatic heterocycles. The molecule has 100 valence electrons. The highest BCUT2D eigenvalue weighted by molar-refractivity contribution is 5.61. The normalized spacial score (nSPS) is 22.6. The topological polar surface area (TPSA) is 29.9 Å². The number of nitrogens with one attached hydrogen (secondary N) is 1. The van der Waals surface area contributed by atoms with Crippen LogP contribution in [-0.2, 0) is 0 Å². The van der Waals surface area contributed by atoms with Gasteiger partial charge in [0.15, 0.2) is 0 Å². The fourth-order valence-corrected chi connectivity index (χ4v) is 3.14. The Kier molecular flexibility index (Phi) is 3.53. The van der Waals surface area contributed by atoms with Crippen LogP contribution in [0.5, 0.6) is 0 Å². The molecule has 1 heterocycles. The second-order valence-electron chi connectivity index (χ2n) is 5.34. The van der Waals surface area contributed by atoms with Crippen molar-refractivity contribution in [2.45, 2.75) is 38.6 Å². The number of rotatable bonds is 4. The summed E-state index contributed by atoms with van der Waals surface area (Å²) >= 11 is 0. The smallest absolute Gasteiger partial charge is 0.0992 e. The number of anilines is 1. The minimum atomic E-state index is 0.620. The number of imidazole rings is 1. The van der Waals surface area contributed by atoms with Crippen molar-refractivity contribution in [2.75, 3.05) is 5.32 Å². The molecule has 1 aliphatic carbocycles. The van der Waals surface area contributed by atoms with Crippen LogP contribution >= 0.6 is 0 Å². The second kappa shape index (κ2) is 5.47. The average molecular weight is 255 g/mol. The quantitative estimate of drug-likeness (QED) is 0.899. The molecule has 3 rings (SSSR count). The monoisotopic (exact) mass is 255 g/mol. The number of hydrogen-bond acceptors (Lipinski definition) is 2. The molecule has 0 spiro atoms. The van der Waals surface area contributed by atoms with E-state index in [9.17, 15) is 0 Å². The van der Waals surface area contributed by atoms with Crippen LogP contribution in [0.2, 0.25) is 0 Å². The largest absolute Gasteiger partial charge is 0.380 e. The van der Waals surface area contributed by atoms with Crippen LogP contribution in [0.3, 0.4) is 0 Å². The fourth-order valence-electron chi connectivity index (χ4n) is 3.14. The summed E-state index contributed by atoms with van der Waals surface area (Å²) in [5.41, 5.74) is 2.40. The molecule has 19 heavy (non-hydrogen) atoms. The van der Waals surface area contributed by atoms with E-state index in [1.807, 2.05) is 18.7 Å². The first kappa shape index (κ1) is 12.3. The van der Waals surface area contributed by atoms with Crippen molar-refractivity contribution in [3.8, 4) is 5.69 Å². The molecule has 2 unspecified atom stereocenters. The molecule has 0 saturated heterocycles. The lowest BCUT2D eigenvalue weighted by atomic mass is 10.0. The lowest BCUT2D eigenvalue weighted by Crippen LogP contribution is -2.24. The highest BCUT2D eigenvalue weighted by Gasteiger charge is 2.25. The first-order valence-electron chi connectivity index (χ1n) is 7.22. The van der Waals surface area contributed by atoms with Gasteiger partial charge in [0.25, 0.3) is 0 Å². The van der Waals surface area contributed by atoms with E-state index in [2.05, 4.69) is 46.1 Å². The SMILES string of the molecule is CCC1CCCC1Nc1ccccc1-n1ccnc1. The van der Waals surface area contributed by atoms with Crippen molar-refractivity contribution in [3.63, 3.8) is 0 Å². The molecule has 3 heteroatoms. The van der Waals surface area contributed by atoms with Gasteiger partial charge in [-0.2, -0.15) is 0 Å². The van der Waals surface area contributed by atoms with Crippen molar-refractivity contribution >= 4 is 5.69 Å². The predicted octanol–water partition coefficient (Wildman–Crippen LogP) is 3.86. The van der Waals surface area contributed by atoms with E-state index in [1.54, 1.807) is 0 Å². The zero-order valence-corrected chi connectivity index (χ0v) is 11.4. The summed E-state index contributed by atoms with van der Waals surface area (Å²) in [6.45, 7) is 2.30. The summed E-state index contributed by atoms with van der Waals surface area (Å²) in [7, 11) is 0. The van der Waals surface area contributed by atoms with Gasteiger partial charge in [-0.05, 0) is 30.9 Å². The molecule has 1 aromatic heterocycles. The van der Waals surface area contributed by atoms with Crippen LogP contribution in [0.15, 0.2) is 43.0 Å². The van der Waals surface area contributed by atoms with Crippen molar-refractivity contribution in [1.29, 1.82) is 0 Å². The zero-order chi connectivity index (χ0) is 13.1. The molecule has 1 N–H and O–H groups in total. The predicted molar refractivity (Wildman–Crippen MR) is 78.6 cm³/mol. The fraction of sp³-hybridized carbons (Fsp3) is 0.438. The van der Waals surface area contributed by atoms with Gasteiger partial charge < -0.3 is 9.88 Å². The first-order chi connectivity index (χ1) is 9.38. The van der Waals surface area contributed by atoms with E-state index in [-0.39, 0.29) is 0 Å². The summed E-state index contributed by atoms with van der Waals surface area (Å²) in [5, 5.41) is 3.75. The Morgan fingerprint density at radius 3 is 3.00 bits per heavy atom. The molecular weight excluding hydrogens is 234 g/mol. The van der Waals surface area contributed by atoms with E-state index in [4.69, 9.17) is 0 Å². The molecule has 1 saturated carbocycles. The summed E-state index contributed by atoms with van der Waals surface area (Å²) < 4.78 is 2.07. The summed E-state index contributed by atoms with van der Waals surface area (Å²) in [5.74, 6) is 0.816. The van der Waals surface area contributed by atoms with Gasteiger partial charge in [0.05, 0.1) is 17.7 Å². The third-order valence-electron chi connectivity index (χ3n) is 4.21. The highest BCUT2D eigenvalue weighted by Crippen LogP contribution is 2.32. The van der Waals surface area contributed by atoms with Gasteiger partial charge in [-0.1, -0.05) is 31.9 Å². The van der Waals surface area contributed by atoms with Crippen LogP contribution in [0.25, 0.3) is 5.69 Å². The average Bonchev–Trinajstić information content (AvgIpc) is 3.10. The number of benzene rings is 1. The molecule has 0 amide bonds. The lowest BCUT2D eigenvalue weighted by molar-refractivity contribution is 0.489. The Labute approximate surface area is 114 Å². The Balaban J connectivity index is 1.85. The van der Waals surface area contributed by atoms with Crippen LogP contribution in [0.1, 0.15) is 32.6 Å². The summed E-state index contributed by atoms with van der Waals surface area (Å²) in [6, 6.07) is 9.10. The Hall–Kier alpha value is -1.77. The maximum Gasteiger partial charge on any atom is 0.0992 e. The van der Waals surface area contributed by atoms with E-state index in [0.717, 1.165) is 5.92 Å². The summed E-state index contributed by atoms with van der Waals surface area (Å²) in [6.07, 6.45) is 10.9. The highest BCUT2D eigenvalue weighted by atomic mass is 15.1. The molecule has 1 fully saturated rings. The van der Waals surface area contributed by atoms with Crippen LogP contribution in [-0.4, -0.2) is 15.6 Å². The maximum absolute atomic E-state index is 4.14. The van der Waals surface area contributed by atoms with Crippen LogP contribution in [0, 0.1) is 5.92 Å². The van der Waals surface area contributed by atoms with Gasteiger partial charge in [-0.15, -0.1) is 0 Å². The van der Waals surface area contributed by atoms with Gasteiger partial charge in [0.1, 0.15) is 0 Å². The van der Waals surface area contributed by atoms with Crippen molar-refractivity contribution in [3.05, 3.63) is 43.0 Å². The van der Waals surface area contributed by atoms with E-state index in [0.29, 0.717) is 6.04 Å². The second-order valence-corrected chi connectivity index (χ2v) is 5.34. The Bertz CT molecular complexity index is 519. The maximum atomic E-state index is 4.14. The zero-order valence-electron chi connectivity index (χ0n) is 11.4. The van der Waals surface area contributed by atoms with E-state index < -0.39 is 0 Å². The van der Waals surface area contributed by atoms with Gasteiger partial charge >= 0.3 is 0 Å². The molecule has 3 nitrogen and oxygen atoms in total. The van der Waals surface area contributed by atoms with Crippen molar-refractivity contribution in [2.24, 2.45) is 5.92 Å². The van der Waals surface area contributed by atoms with Crippen LogP contribution < -0.4 is 5.32 Å². The molecule has 0 bridgehead atoms. The van der Waals surface area contributed by atoms with Crippen LogP contribution in [0.4, 0.5) is 5.69 Å². The van der Waals surface area contributed by atoms with Crippen molar-refractivity contribution in [1.82, 2.24) is 9.55 Å². The third kappa shape index (κ3) is 2.50. The standard InChI is InChI=1S/C16H21N3/c1-2-13-6-5-8-14(13)18-15-7-3-4-9-16(15)19-11-10-17-12-19/h3-4,7,9-14,18H,2,5-6,8H2,1H3. The van der Waals surface area contributed by atoms with Gasteiger partial charge in [0, 0.05) is 18.4 Å². The Morgan fingerprint density at radius 1 is 1.32 bits per heavy atom. The molecule has 1 aromatic carbocycles. The van der Waals surface area contributed by atoms with E-state index >= 15 is 0 Å².